The van der Waals surface area contributed by atoms with E-state index in [0.717, 1.165) is 12.0 Å². The van der Waals surface area contributed by atoms with Crippen molar-refractivity contribution >= 4 is 5.97 Å². The van der Waals surface area contributed by atoms with Gasteiger partial charge in [-0.25, -0.2) is 0 Å². The first-order valence-corrected chi connectivity index (χ1v) is 6.52. The predicted octanol–water partition coefficient (Wildman–Crippen LogP) is 3.53. The van der Waals surface area contributed by atoms with E-state index in [2.05, 4.69) is 6.58 Å². The van der Waals surface area contributed by atoms with Crippen LogP contribution in [0.3, 0.4) is 0 Å². The van der Waals surface area contributed by atoms with Crippen molar-refractivity contribution in [3.63, 3.8) is 0 Å². The van der Waals surface area contributed by atoms with Crippen LogP contribution in [-0.4, -0.2) is 17.6 Å². The maximum Gasteiger partial charge on any atom is 0.303 e. The third-order valence-electron chi connectivity index (χ3n) is 2.42. The minimum absolute atomic E-state index is 0.199. The van der Waals surface area contributed by atoms with Crippen LogP contribution in [0, 0.1) is 5.92 Å². The Morgan fingerprint density at radius 2 is 2.06 bits per heavy atom. The monoisotopic (exact) mass is 253 g/mol. The van der Waals surface area contributed by atoms with Crippen LogP contribution < -0.4 is 5.73 Å². The molecule has 0 aromatic carbocycles. The van der Waals surface area contributed by atoms with E-state index in [1.165, 1.54) is 0 Å². The number of nitrogens with two attached hydrogens (primary N) is 1. The molecule has 1 atom stereocenters. The lowest BCUT2D eigenvalue weighted by molar-refractivity contribution is -0.137. The topological polar surface area (TPSA) is 63.3 Å². The Labute approximate surface area is 111 Å². The number of aliphatic carboxylic acids is 1. The zero-order valence-corrected chi connectivity index (χ0v) is 11.9. The maximum absolute atomic E-state index is 10.4. The molecule has 0 aliphatic rings. The molecule has 0 aliphatic carbocycles. The minimum Gasteiger partial charge on any atom is -0.481 e. The molecule has 1 unspecified atom stereocenters. The largest absolute Gasteiger partial charge is 0.481 e. The minimum atomic E-state index is -0.756. The van der Waals surface area contributed by atoms with Crippen LogP contribution >= 0.6 is 0 Å². The van der Waals surface area contributed by atoms with Gasteiger partial charge in [-0.3, -0.25) is 4.79 Å². The van der Waals surface area contributed by atoms with Crippen LogP contribution in [0.15, 0.2) is 36.5 Å². The molecule has 0 bridgehead atoms. The molecule has 0 saturated heterocycles. The molecule has 3 heteroatoms. The second-order valence-corrected chi connectivity index (χ2v) is 3.62. The van der Waals surface area contributed by atoms with Crippen molar-refractivity contribution < 1.29 is 9.90 Å². The summed E-state index contributed by atoms with van der Waals surface area (Å²) in [5, 5.41) is 8.56. The van der Waals surface area contributed by atoms with Crippen LogP contribution in [0.25, 0.3) is 0 Å². The molecule has 18 heavy (non-hydrogen) atoms. The molecule has 3 nitrogen and oxygen atoms in total. The Kier molecular flexibility index (Phi) is 14.5. The highest BCUT2D eigenvalue weighted by atomic mass is 16.4. The highest BCUT2D eigenvalue weighted by Gasteiger charge is 2.10. The van der Waals surface area contributed by atoms with Crippen molar-refractivity contribution in [3.8, 4) is 0 Å². The second kappa shape index (κ2) is 13.7. The molecular formula is C15H27NO2. The van der Waals surface area contributed by atoms with Gasteiger partial charge < -0.3 is 10.8 Å². The SMILES string of the molecule is C=C/C(=C\C=C/C)C(CN)CCCC(=O)O.CC. The molecular weight excluding hydrogens is 226 g/mol. The van der Waals surface area contributed by atoms with E-state index in [-0.39, 0.29) is 12.3 Å². The summed E-state index contributed by atoms with van der Waals surface area (Å²) < 4.78 is 0. The van der Waals surface area contributed by atoms with Crippen LogP contribution in [0.2, 0.25) is 0 Å². The van der Waals surface area contributed by atoms with Crippen molar-refractivity contribution in [1.82, 2.24) is 0 Å². The van der Waals surface area contributed by atoms with Gasteiger partial charge in [0.1, 0.15) is 0 Å². The number of carbonyl (C=O) groups is 1. The Balaban J connectivity index is 0. The summed E-state index contributed by atoms with van der Waals surface area (Å²) in [4.78, 5) is 10.4. The average molecular weight is 253 g/mol. The molecule has 0 aromatic rings. The highest BCUT2D eigenvalue weighted by Crippen LogP contribution is 2.18. The molecule has 0 amide bonds. The molecule has 0 fully saturated rings. The molecule has 3 N–H and O–H groups in total. The summed E-state index contributed by atoms with van der Waals surface area (Å²) in [5.41, 5.74) is 6.75. The Morgan fingerprint density at radius 3 is 2.44 bits per heavy atom. The lowest BCUT2D eigenvalue weighted by atomic mass is 9.93. The second-order valence-electron chi connectivity index (χ2n) is 3.62. The van der Waals surface area contributed by atoms with E-state index >= 15 is 0 Å². The third kappa shape index (κ3) is 9.85. The van der Waals surface area contributed by atoms with Gasteiger partial charge in [-0.1, -0.05) is 44.7 Å². The van der Waals surface area contributed by atoms with Gasteiger partial charge in [0.2, 0.25) is 0 Å². The predicted molar refractivity (Wildman–Crippen MR) is 78.5 cm³/mol. The van der Waals surface area contributed by atoms with Crippen LogP contribution in [-0.2, 0) is 4.79 Å². The maximum atomic E-state index is 10.4. The molecule has 0 radical (unpaired) electrons. The summed E-state index contributed by atoms with van der Waals surface area (Å²) in [7, 11) is 0. The quantitative estimate of drug-likeness (QED) is 0.650. The zero-order chi connectivity index (χ0) is 14.4. The van der Waals surface area contributed by atoms with Crippen molar-refractivity contribution in [1.29, 1.82) is 0 Å². The van der Waals surface area contributed by atoms with E-state index in [0.29, 0.717) is 13.0 Å². The smallest absolute Gasteiger partial charge is 0.303 e. The Bertz CT molecular complexity index is 280. The number of allylic oxidation sites excluding steroid dienone is 4. The van der Waals surface area contributed by atoms with E-state index < -0.39 is 5.97 Å². The number of hydrogen-bond acceptors (Lipinski definition) is 2. The Morgan fingerprint density at radius 1 is 1.44 bits per heavy atom. The summed E-state index contributed by atoms with van der Waals surface area (Å²) in [6.45, 7) is 10.2. The standard InChI is InChI=1S/C13H21NO2.C2H6/c1-3-5-7-11(4-2)12(10-14)8-6-9-13(15)16;1-2/h3-5,7,12H,2,6,8-10,14H2,1H3,(H,15,16);1-2H3/b5-3-,11-7+;. The van der Waals surface area contributed by atoms with Crippen LogP contribution in [0.1, 0.15) is 40.0 Å². The van der Waals surface area contributed by atoms with Crippen LogP contribution in [0.5, 0.6) is 0 Å². The van der Waals surface area contributed by atoms with Crippen molar-refractivity contribution in [2.75, 3.05) is 6.54 Å². The first-order valence-electron chi connectivity index (χ1n) is 6.52. The fraction of sp³-hybridized carbons (Fsp3) is 0.533. The van der Waals surface area contributed by atoms with Gasteiger partial charge >= 0.3 is 5.97 Å². The number of carboxylic acid groups (broad SMARTS) is 1. The van der Waals surface area contributed by atoms with Gasteiger partial charge in [-0.05, 0) is 37.8 Å². The van der Waals surface area contributed by atoms with Gasteiger partial charge in [0.25, 0.3) is 0 Å². The third-order valence-corrected chi connectivity index (χ3v) is 2.42. The molecule has 0 saturated carbocycles. The highest BCUT2D eigenvalue weighted by molar-refractivity contribution is 5.66. The normalized spacial score (nSPS) is 12.8. The van der Waals surface area contributed by atoms with Gasteiger partial charge in [0, 0.05) is 6.42 Å². The summed E-state index contributed by atoms with van der Waals surface area (Å²) in [5.74, 6) is -0.554. The number of rotatable bonds is 8. The van der Waals surface area contributed by atoms with Gasteiger partial charge in [-0.2, -0.15) is 0 Å². The number of carboxylic acids is 1. The summed E-state index contributed by atoms with van der Waals surface area (Å²) >= 11 is 0. The van der Waals surface area contributed by atoms with E-state index in [9.17, 15) is 4.79 Å². The molecule has 0 rings (SSSR count). The van der Waals surface area contributed by atoms with E-state index in [1.54, 1.807) is 6.08 Å². The summed E-state index contributed by atoms with van der Waals surface area (Å²) in [6, 6.07) is 0. The summed E-state index contributed by atoms with van der Waals surface area (Å²) in [6.07, 6.45) is 9.29. The fourth-order valence-electron chi connectivity index (χ4n) is 1.50. The number of hydrogen-bond donors (Lipinski definition) is 2. The molecule has 0 aliphatic heterocycles. The first kappa shape index (κ1) is 19.0. The van der Waals surface area contributed by atoms with Crippen molar-refractivity contribution in [2.45, 2.75) is 40.0 Å². The molecule has 104 valence electrons. The first-order chi connectivity index (χ1) is 8.65. The fourth-order valence-corrected chi connectivity index (χ4v) is 1.50. The average Bonchev–Trinajstić information content (AvgIpc) is 2.39. The Hall–Kier alpha value is -1.35. The van der Waals surface area contributed by atoms with E-state index in [1.807, 2.05) is 39.0 Å². The van der Waals surface area contributed by atoms with Gasteiger partial charge in [0.05, 0.1) is 0 Å². The van der Waals surface area contributed by atoms with Crippen molar-refractivity contribution in [3.05, 3.63) is 36.5 Å². The lowest BCUT2D eigenvalue weighted by Crippen LogP contribution is -2.16. The zero-order valence-electron chi connectivity index (χ0n) is 11.9. The molecule has 0 heterocycles. The van der Waals surface area contributed by atoms with Gasteiger partial charge in [-0.15, -0.1) is 0 Å². The molecule has 0 spiro atoms. The molecule has 0 aromatic heterocycles. The van der Waals surface area contributed by atoms with Crippen molar-refractivity contribution in [2.24, 2.45) is 11.7 Å². The lowest BCUT2D eigenvalue weighted by Gasteiger charge is -2.15. The van der Waals surface area contributed by atoms with Crippen LogP contribution in [0.4, 0.5) is 0 Å². The van der Waals surface area contributed by atoms with Gasteiger partial charge in [0.15, 0.2) is 0 Å². The van der Waals surface area contributed by atoms with E-state index in [4.69, 9.17) is 10.8 Å².